The van der Waals surface area contributed by atoms with Crippen LogP contribution in [-0.4, -0.2) is 29.0 Å². The normalized spacial score (nSPS) is 20.7. The molecule has 1 saturated carbocycles. The number of hydrogen-bond donors (Lipinski definition) is 1. The van der Waals surface area contributed by atoms with Gasteiger partial charge in [0.2, 0.25) is 0 Å². The third-order valence-corrected chi connectivity index (χ3v) is 4.63. The van der Waals surface area contributed by atoms with E-state index in [2.05, 4.69) is 16.4 Å². The van der Waals surface area contributed by atoms with Gasteiger partial charge in [-0.1, -0.05) is 29.8 Å². The third kappa shape index (κ3) is 3.64. The number of urea groups is 1. The van der Waals surface area contributed by atoms with Gasteiger partial charge in [0, 0.05) is 30.2 Å². The van der Waals surface area contributed by atoms with Crippen LogP contribution in [0.5, 0.6) is 0 Å². The third-order valence-electron chi connectivity index (χ3n) is 4.39. The van der Waals surface area contributed by atoms with E-state index in [0.717, 1.165) is 17.1 Å². The van der Waals surface area contributed by atoms with E-state index in [1.54, 1.807) is 18.1 Å². The van der Waals surface area contributed by atoms with Crippen LogP contribution in [0, 0.1) is 0 Å². The zero-order valence-corrected chi connectivity index (χ0v) is 14.0. The first-order chi connectivity index (χ1) is 11.1. The lowest BCUT2D eigenvalue weighted by Crippen LogP contribution is -2.40. The topological polar surface area (TPSA) is 45.2 Å². The average Bonchev–Trinajstić information content (AvgIpc) is 3.33. The molecule has 1 aliphatic carbocycles. The van der Waals surface area contributed by atoms with Crippen LogP contribution in [0.1, 0.15) is 36.6 Å². The highest BCUT2D eigenvalue weighted by Gasteiger charge is 2.40. The fraction of sp³-hybridized carbons (Fsp3) is 0.333. The average molecular weight is 330 g/mol. The number of nitrogens with one attached hydrogen (secondary N) is 1. The van der Waals surface area contributed by atoms with Crippen molar-refractivity contribution >= 4 is 17.6 Å². The zero-order valence-electron chi connectivity index (χ0n) is 13.2. The summed E-state index contributed by atoms with van der Waals surface area (Å²) in [5.41, 5.74) is 2.07. The molecule has 2 amide bonds. The van der Waals surface area contributed by atoms with E-state index < -0.39 is 0 Å². The van der Waals surface area contributed by atoms with E-state index >= 15 is 0 Å². The maximum atomic E-state index is 12.4. The lowest BCUT2D eigenvalue weighted by Gasteiger charge is -2.25. The van der Waals surface area contributed by atoms with Crippen molar-refractivity contribution in [2.24, 2.45) is 0 Å². The number of pyridine rings is 1. The summed E-state index contributed by atoms with van der Waals surface area (Å²) >= 11 is 6.03. The summed E-state index contributed by atoms with van der Waals surface area (Å²) in [6, 6.07) is 13.6. The summed E-state index contributed by atoms with van der Waals surface area (Å²) in [5, 5.41) is 3.82. The zero-order chi connectivity index (χ0) is 16.4. The molecule has 120 valence electrons. The van der Waals surface area contributed by atoms with Crippen LogP contribution in [0.25, 0.3) is 0 Å². The van der Waals surface area contributed by atoms with Crippen molar-refractivity contribution in [3.05, 3.63) is 64.9 Å². The number of nitrogens with zero attached hydrogens (tertiary/aromatic N) is 2. The lowest BCUT2D eigenvalue weighted by atomic mass is 10.1. The highest BCUT2D eigenvalue weighted by molar-refractivity contribution is 6.30. The van der Waals surface area contributed by atoms with Crippen molar-refractivity contribution in [3.8, 4) is 0 Å². The Morgan fingerprint density at radius 1 is 1.35 bits per heavy atom. The number of hydrogen-bond acceptors (Lipinski definition) is 2. The van der Waals surface area contributed by atoms with Crippen LogP contribution in [0.15, 0.2) is 48.7 Å². The van der Waals surface area contributed by atoms with Gasteiger partial charge in [0.15, 0.2) is 0 Å². The SMILES string of the molecule is C[C@@H](c1ccccn1)N(C)C(=O)N[C@@H]1C[C@@H]1c1cccc(Cl)c1. The van der Waals surface area contributed by atoms with E-state index in [-0.39, 0.29) is 18.1 Å². The molecule has 0 aliphatic heterocycles. The molecule has 0 saturated heterocycles. The summed E-state index contributed by atoms with van der Waals surface area (Å²) in [7, 11) is 1.80. The molecule has 0 spiro atoms. The van der Waals surface area contributed by atoms with E-state index in [4.69, 9.17) is 11.6 Å². The summed E-state index contributed by atoms with van der Waals surface area (Å²) in [6.45, 7) is 1.98. The molecule has 0 radical (unpaired) electrons. The first-order valence-electron chi connectivity index (χ1n) is 7.76. The minimum absolute atomic E-state index is 0.0698. The highest BCUT2D eigenvalue weighted by Crippen LogP contribution is 2.41. The minimum Gasteiger partial charge on any atom is -0.335 e. The number of carbonyl (C=O) groups excluding carboxylic acids is 1. The van der Waals surface area contributed by atoms with E-state index in [9.17, 15) is 4.79 Å². The maximum Gasteiger partial charge on any atom is 0.317 e. The Morgan fingerprint density at radius 2 is 2.17 bits per heavy atom. The van der Waals surface area contributed by atoms with Gasteiger partial charge in [-0.15, -0.1) is 0 Å². The van der Waals surface area contributed by atoms with Crippen LogP contribution >= 0.6 is 11.6 Å². The molecular formula is C18H20ClN3O. The number of aromatic nitrogens is 1. The Morgan fingerprint density at radius 3 is 2.87 bits per heavy atom. The van der Waals surface area contributed by atoms with Crippen LogP contribution in [0.4, 0.5) is 4.79 Å². The molecule has 5 heteroatoms. The molecule has 3 atom stereocenters. The summed E-state index contributed by atoms with van der Waals surface area (Å²) < 4.78 is 0. The van der Waals surface area contributed by atoms with Crippen molar-refractivity contribution < 1.29 is 4.79 Å². The molecular weight excluding hydrogens is 310 g/mol. The summed E-state index contributed by atoms with van der Waals surface area (Å²) in [4.78, 5) is 18.4. The number of amides is 2. The molecule has 1 aliphatic rings. The Bertz CT molecular complexity index is 692. The fourth-order valence-corrected chi connectivity index (χ4v) is 2.92. The van der Waals surface area contributed by atoms with Gasteiger partial charge in [0.25, 0.3) is 0 Å². The maximum absolute atomic E-state index is 12.4. The van der Waals surface area contributed by atoms with Crippen molar-refractivity contribution in [2.45, 2.75) is 31.3 Å². The number of halogens is 1. The van der Waals surface area contributed by atoms with Gasteiger partial charge in [-0.3, -0.25) is 4.98 Å². The molecule has 4 nitrogen and oxygen atoms in total. The van der Waals surface area contributed by atoms with Gasteiger partial charge < -0.3 is 10.2 Å². The Balaban J connectivity index is 1.58. The largest absolute Gasteiger partial charge is 0.335 e. The molecule has 3 rings (SSSR count). The van der Waals surface area contributed by atoms with Crippen molar-refractivity contribution in [2.75, 3.05) is 7.05 Å². The smallest absolute Gasteiger partial charge is 0.317 e. The molecule has 0 unspecified atom stereocenters. The predicted octanol–water partition coefficient (Wildman–Crippen LogP) is 3.99. The van der Waals surface area contributed by atoms with Crippen molar-refractivity contribution in [1.82, 2.24) is 15.2 Å². The lowest BCUT2D eigenvalue weighted by molar-refractivity contribution is 0.193. The fourth-order valence-electron chi connectivity index (χ4n) is 2.72. The van der Waals surface area contributed by atoms with E-state index in [1.165, 1.54) is 5.56 Å². The number of carbonyl (C=O) groups is 1. The molecule has 1 aromatic carbocycles. The molecule has 1 aromatic heterocycles. The summed E-state index contributed by atoms with van der Waals surface area (Å²) in [5.74, 6) is 0.358. The summed E-state index contributed by atoms with van der Waals surface area (Å²) in [6.07, 6.45) is 2.70. The highest BCUT2D eigenvalue weighted by atomic mass is 35.5. The first kappa shape index (κ1) is 15.8. The van der Waals surface area contributed by atoms with Gasteiger partial charge >= 0.3 is 6.03 Å². The van der Waals surface area contributed by atoms with Crippen LogP contribution in [0.2, 0.25) is 5.02 Å². The van der Waals surface area contributed by atoms with Crippen LogP contribution in [-0.2, 0) is 0 Å². The molecule has 1 N–H and O–H groups in total. The van der Waals surface area contributed by atoms with Crippen molar-refractivity contribution in [3.63, 3.8) is 0 Å². The molecule has 1 heterocycles. The predicted molar refractivity (Wildman–Crippen MR) is 91.5 cm³/mol. The quantitative estimate of drug-likeness (QED) is 0.921. The second kappa shape index (κ2) is 6.59. The molecule has 0 bridgehead atoms. The molecule has 2 aromatic rings. The Kier molecular flexibility index (Phi) is 4.53. The van der Waals surface area contributed by atoms with Gasteiger partial charge in [-0.2, -0.15) is 0 Å². The Labute approximate surface area is 141 Å². The standard InChI is InChI=1S/C18H20ClN3O/c1-12(16-8-3-4-9-20-16)22(2)18(23)21-17-11-15(17)13-6-5-7-14(19)10-13/h3-10,12,15,17H,11H2,1-2H3,(H,21,23)/t12-,15+,17+/m0/s1. The van der Waals surface area contributed by atoms with Gasteiger partial charge in [-0.05, 0) is 43.2 Å². The van der Waals surface area contributed by atoms with Crippen LogP contribution < -0.4 is 5.32 Å². The van der Waals surface area contributed by atoms with Crippen LogP contribution in [0.3, 0.4) is 0 Å². The van der Waals surface area contributed by atoms with Crippen molar-refractivity contribution in [1.29, 1.82) is 0 Å². The minimum atomic E-state index is -0.0716. The van der Waals surface area contributed by atoms with Gasteiger partial charge in [0.1, 0.15) is 0 Å². The first-order valence-corrected chi connectivity index (χ1v) is 8.14. The number of rotatable bonds is 4. The van der Waals surface area contributed by atoms with Gasteiger partial charge in [-0.25, -0.2) is 4.79 Å². The second-order valence-electron chi connectivity index (χ2n) is 5.99. The van der Waals surface area contributed by atoms with Gasteiger partial charge in [0.05, 0.1) is 11.7 Å². The van der Waals surface area contributed by atoms with E-state index in [1.807, 2.05) is 43.3 Å². The molecule has 1 fully saturated rings. The van der Waals surface area contributed by atoms with E-state index in [0.29, 0.717) is 5.92 Å². The monoisotopic (exact) mass is 329 g/mol. The molecule has 23 heavy (non-hydrogen) atoms. The second-order valence-corrected chi connectivity index (χ2v) is 6.43. The number of benzene rings is 1. The Hall–Kier alpha value is -2.07.